The number of hydrogen-bond acceptors (Lipinski definition) is 4. The normalized spacial score (nSPS) is 10.9. The SMILES string of the molecule is CCC(CC)C(=O)N(Cc1cccc(F)c1)Cc1cc(NC(=O)c2cccs2)ccc1N(C)C. The number of benzene rings is 2. The highest BCUT2D eigenvalue weighted by Crippen LogP contribution is 2.27. The number of amides is 2. The summed E-state index contributed by atoms with van der Waals surface area (Å²) in [5.74, 6) is -0.534. The fraction of sp³-hybridized carbons (Fsp3) is 0.333. The molecule has 0 saturated heterocycles. The molecule has 0 spiro atoms. The van der Waals surface area contributed by atoms with Crippen molar-refractivity contribution in [1.29, 1.82) is 0 Å². The van der Waals surface area contributed by atoms with Crippen LogP contribution in [0.2, 0.25) is 0 Å². The Labute approximate surface area is 205 Å². The molecule has 34 heavy (non-hydrogen) atoms. The lowest BCUT2D eigenvalue weighted by molar-refractivity contribution is -0.137. The van der Waals surface area contributed by atoms with Gasteiger partial charge in [0.1, 0.15) is 5.82 Å². The van der Waals surface area contributed by atoms with E-state index in [-0.39, 0.29) is 23.5 Å². The van der Waals surface area contributed by atoms with Crippen LogP contribution in [0.15, 0.2) is 60.0 Å². The lowest BCUT2D eigenvalue weighted by Gasteiger charge is -2.29. The zero-order chi connectivity index (χ0) is 24.7. The van der Waals surface area contributed by atoms with Crippen LogP contribution in [0.25, 0.3) is 0 Å². The Kier molecular flexibility index (Phi) is 8.82. The Hall–Kier alpha value is -3.19. The largest absolute Gasteiger partial charge is 0.377 e. The average molecular weight is 482 g/mol. The first-order chi connectivity index (χ1) is 16.3. The van der Waals surface area contributed by atoms with E-state index in [0.29, 0.717) is 23.7 Å². The van der Waals surface area contributed by atoms with Crippen LogP contribution >= 0.6 is 11.3 Å². The van der Waals surface area contributed by atoms with Crippen molar-refractivity contribution >= 4 is 34.5 Å². The highest BCUT2D eigenvalue weighted by molar-refractivity contribution is 7.12. The second kappa shape index (κ2) is 11.8. The molecule has 0 bridgehead atoms. The van der Waals surface area contributed by atoms with Gasteiger partial charge in [0.15, 0.2) is 0 Å². The Morgan fingerprint density at radius 1 is 1.00 bits per heavy atom. The van der Waals surface area contributed by atoms with Gasteiger partial charge in [0.25, 0.3) is 5.91 Å². The summed E-state index contributed by atoms with van der Waals surface area (Å²) in [4.78, 5) is 30.4. The highest BCUT2D eigenvalue weighted by Gasteiger charge is 2.23. The van der Waals surface area contributed by atoms with Gasteiger partial charge in [0.2, 0.25) is 5.91 Å². The van der Waals surface area contributed by atoms with Gasteiger partial charge in [0.05, 0.1) is 4.88 Å². The van der Waals surface area contributed by atoms with Crippen molar-refractivity contribution in [3.63, 3.8) is 0 Å². The third-order valence-electron chi connectivity index (χ3n) is 5.83. The van der Waals surface area contributed by atoms with Gasteiger partial charge < -0.3 is 15.1 Å². The molecule has 0 aliphatic rings. The standard InChI is InChI=1S/C27H32FN3O2S/c1-5-20(6-2)27(33)31(17-19-9-7-10-22(28)15-19)18-21-16-23(12-13-24(21)30(3)4)29-26(32)25-11-8-14-34-25/h7-16,20H,5-6,17-18H2,1-4H3,(H,29,32). The van der Waals surface area contributed by atoms with Gasteiger partial charge in [0, 0.05) is 44.5 Å². The molecule has 2 aromatic carbocycles. The quantitative estimate of drug-likeness (QED) is 0.377. The molecule has 0 radical (unpaired) electrons. The number of thiophene rings is 1. The molecule has 0 aliphatic carbocycles. The molecule has 1 heterocycles. The minimum atomic E-state index is -0.320. The zero-order valence-corrected chi connectivity index (χ0v) is 21.0. The molecule has 0 saturated carbocycles. The molecular weight excluding hydrogens is 449 g/mol. The number of hydrogen-bond donors (Lipinski definition) is 1. The van der Waals surface area contributed by atoms with E-state index in [0.717, 1.165) is 29.7 Å². The molecule has 3 aromatic rings. The number of nitrogens with zero attached hydrogens (tertiary/aromatic N) is 2. The molecule has 3 rings (SSSR count). The summed E-state index contributed by atoms with van der Waals surface area (Å²) in [6.45, 7) is 4.69. The summed E-state index contributed by atoms with van der Waals surface area (Å²) in [7, 11) is 3.89. The summed E-state index contributed by atoms with van der Waals surface area (Å²) in [6.07, 6.45) is 1.48. The Bertz CT molecular complexity index is 1110. The lowest BCUT2D eigenvalue weighted by Crippen LogP contribution is -2.35. The first-order valence-corrected chi connectivity index (χ1v) is 12.4. The van der Waals surface area contributed by atoms with E-state index in [4.69, 9.17) is 0 Å². The number of rotatable bonds is 10. The van der Waals surface area contributed by atoms with E-state index in [9.17, 15) is 14.0 Å². The van der Waals surface area contributed by atoms with Gasteiger partial charge in [-0.2, -0.15) is 0 Å². The predicted octanol–water partition coefficient (Wildman–Crippen LogP) is 6.17. The molecule has 1 aromatic heterocycles. The maximum absolute atomic E-state index is 13.8. The number of nitrogens with one attached hydrogen (secondary N) is 1. The average Bonchev–Trinajstić information content (AvgIpc) is 3.35. The predicted molar refractivity (Wildman–Crippen MR) is 138 cm³/mol. The number of halogens is 1. The van der Waals surface area contributed by atoms with Crippen LogP contribution in [0, 0.1) is 11.7 Å². The smallest absolute Gasteiger partial charge is 0.265 e. The third-order valence-corrected chi connectivity index (χ3v) is 6.70. The fourth-order valence-electron chi connectivity index (χ4n) is 4.00. The third kappa shape index (κ3) is 6.44. The summed E-state index contributed by atoms with van der Waals surface area (Å²) in [6, 6.07) is 15.7. The number of carbonyl (C=O) groups is 2. The van der Waals surface area contributed by atoms with Crippen LogP contribution in [0.4, 0.5) is 15.8 Å². The highest BCUT2D eigenvalue weighted by atomic mass is 32.1. The van der Waals surface area contributed by atoms with E-state index in [1.165, 1.54) is 23.5 Å². The van der Waals surface area contributed by atoms with E-state index in [2.05, 4.69) is 5.32 Å². The minimum absolute atomic E-state index is 0.0481. The van der Waals surface area contributed by atoms with Crippen molar-refractivity contribution in [2.45, 2.75) is 39.8 Å². The Morgan fingerprint density at radius 2 is 1.76 bits per heavy atom. The van der Waals surface area contributed by atoms with Crippen LogP contribution in [-0.2, 0) is 17.9 Å². The zero-order valence-electron chi connectivity index (χ0n) is 20.2. The van der Waals surface area contributed by atoms with Crippen molar-refractivity contribution in [1.82, 2.24) is 4.90 Å². The van der Waals surface area contributed by atoms with Gasteiger partial charge in [-0.05, 0) is 65.7 Å². The lowest BCUT2D eigenvalue weighted by atomic mass is 10.0. The molecule has 2 amide bonds. The van der Waals surface area contributed by atoms with Gasteiger partial charge in [-0.15, -0.1) is 11.3 Å². The van der Waals surface area contributed by atoms with Crippen molar-refractivity contribution in [3.05, 3.63) is 81.8 Å². The molecular formula is C27H32FN3O2S. The van der Waals surface area contributed by atoms with Crippen LogP contribution in [0.3, 0.4) is 0 Å². The molecule has 0 atom stereocenters. The van der Waals surface area contributed by atoms with E-state index in [1.807, 2.05) is 68.6 Å². The van der Waals surface area contributed by atoms with E-state index in [1.54, 1.807) is 17.0 Å². The first kappa shape index (κ1) is 25.4. The molecule has 5 nitrogen and oxygen atoms in total. The fourth-order valence-corrected chi connectivity index (χ4v) is 4.61. The molecule has 180 valence electrons. The van der Waals surface area contributed by atoms with Gasteiger partial charge >= 0.3 is 0 Å². The van der Waals surface area contributed by atoms with Gasteiger partial charge in [-0.1, -0.05) is 32.0 Å². The summed E-state index contributed by atoms with van der Waals surface area (Å²) in [5, 5.41) is 4.82. The van der Waals surface area contributed by atoms with Crippen LogP contribution < -0.4 is 10.2 Å². The van der Waals surface area contributed by atoms with Crippen LogP contribution in [0.5, 0.6) is 0 Å². The molecule has 0 aliphatic heterocycles. The summed E-state index contributed by atoms with van der Waals surface area (Å²) < 4.78 is 13.8. The summed E-state index contributed by atoms with van der Waals surface area (Å²) >= 11 is 1.38. The number of carbonyl (C=O) groups excluding carboxylic acids is 2. The van der Waals surface area contributed by atoms with Crippen molar-refractivity contribution < 1.29 is 14.0 Å². The summed E-state index contributed by atoms with van der Waals surface area (Å²) in [5.41, 5.74) is 3.27. The maximum Gasteiger partial charge on any atom is 0.265 e. The second-order valence-electron chi connectivity index (χ2n) is 8.51. The second-order valence-corrected chi connectivity index (χ2v) is 9.45. The molecule has 1 N–H and O–H groups in total. The Balaban J connectivity index is 1.93. The van der Waals surface area contributed by atoms with Crippen LogP contribution in [0.1, 0.15) is 47.5 Å². The molecule has 0 unspecified atom stereocenters. The minimum Gasteiger partial charge on any atom is -0.377 e. The van der Waals surface area contributed by atoms with Crippen molar-refractivity contribution in [3.8, 4) is 0 Å². The van der Waals surface area contributed by atoms with Crippen molar-refractivity contribution in [2.75, 3.05) is 24.3 Å². The number of anilines is 2. The molecule has 7 heteroatoms. The topological polar surface area (TPSA) is 52.7 Å². The molecule has 0 fully saturated rings. The van der Waals surface area contributed by atoms with E-state index >= 15 is 0 Å². The Morgan fingerprint density at radius 3 is 2.38 bits per heavy atom. The van der Waals surface area contributed by atoms with Gasteiger partial charge in [-0.3, -0.25) is 9.59 Å². The van der Waals surface area contributed by atoms with Crippen LogP contribution in [-0.4, -0.2) is 30.8 Å². The maximum atomic E-state index is 13.8. The van der Waals surface area contributed by atoms with E-state index < -0.39 is 0 Å². The van der Waals surface area contributed by atoms with Crippen molar-refractivity contribution in [2.24, 2.45) is 5.92 Å². The monoisotopic (exact) mass is 481 g/mol. The first-order valence-electron chi connectivity index (χ1n) is 11.5. The van der Waals surface area contributed by atoms with Gasteiger partial charge in [-0.25, -0.2) is 4.39 Å².